The lowest BCUT2D eigenvalue weighted by molar-refractivity contribution is 0.0661. The van der Waals surface area contributed by atoms with Crippen molar-refractivity contribution in [2.75, 3.05) is 13.1 Å². The smallest absolute Gasteiger partial charge is 0.0393 e. The number of hydrogen-bond acceptors (Lipinski definition) is 2. The number of piperidine rings is 1. The van der Waals surface area contributed by atoms with Crippen molar-refractivity contribution < 1.29 is 0 Å². The molecule has 2 heteroatoms. The van der Waals surface area contributed by atoms with Crippen LogP contribution in [0.25, 0.3) is 0 Å². The fourth-order valence-electron chi connectivity index (χ4n) is 3.46. The van der Waals surface area contributed by atoms with Gasteiger partial charge in [0.2, 0.25) is 0 Å². The van der Waals surface area contributed by atoms with Gasteiger partial charge in [-0.2, -0.15) is 0 Å². The standard InChI is InChI=1S/C17H28N2/c1-12(2)19-10-6-8-15(11-18)17(19)16-9-5-7-13(3)14(16)4/h5,7,9,12,15,17H,6,8,10-11,18H2,1-4H3. The molecule has 0 aliphatic carbocycles. The van der Waals surface area contributed by atoms with Gasteiger partial charge in [0.05, 0.1) is 0 Å². The van der Waals surface area contributed by atoms with E-state index in [1.807, 2.05) is 0 Å². The minimum absolute atomic E-state index is 0.499. The molecule has 2 unspecified atom stereocenters. The number of benzene rings is 1. The highest BCUT2D eigenvalue weighted by molar-refractivity contribution is 5.36. The Morgan fingerprint density at radius 1 is 1.32 bits per heavy atom. The van der Waals surface area contributed by atoms with Crippen molar-refractivity contribution in [2.24, 2.45) is 11.7 Å². The zero-order valence-electron chi connectivity index (χ0n) is 12.8. The number of aryl methyl sites for hydroxylation is 1. The molecule has 0 saturated carbocycles. The number of rotatable bonds is 3. The van der Waals surface area contributed by atoms with Crippen LogP contribution in [0, 0.1) is 19.8 Å². The number of nitrogens with two attached hydrogens (primary N) is 1. The van der Waals surface area contributed by atoms with Gasteiger partial charge in [-0.05, 0) is 76.2 Å². The third-order valence-corrected chi connectivity index (χ3v) is 4.73. The first kappa shape index (κ1) is 14.5. The molecule has 1 aromatic rings. The third-order valence-electron chi connectivity index (χ3n) is 4.73. The van der Waals surface area contributed by atoms with Crippen LogP contribution >= 0.6 is 0 Å². The molecule has 2 nitrogen and oxygen atoms in total. The van der Waals surface area contributed by atoms with Gasteiger partial charge in [0, 0.05) is 12.1 Å². The predicted octanol–water partition coefficient (Wildman–Crippen LogP) is 3.42. The Morgan fingerprint density at radius 2 is 2.05 bits per heavy atom. The summed E-state index contributed by atoms with van der Waals surface area (Å²) in [7, 11) is 0. The Bertz CT molecular complexity index is 425. The van der Waals surface area contributed by atoms with E-state index >= 15 is 0 Å². The van der Waals surface area contributed by atoms with E-state index in [4.69, 9.17) is 5.73 Å². The first-order valence-electron chi connectivity index (χ1n) is 7.58. The van der Waals surface area contributed by atoms with Crippen LogP contribution in [0.5, 0.6) is 0 Å². The van der Waals surface area contributed by atoms with Gasteiger partial charge in [0.25, 0.3) is 0 Å². The molecule has 1 aliphatic rings. The molecular formula is C17H28N2. The second-order valence-corrected chi connectivity index (χ2v) is 6.20. The van der Waals surface area contributed by atoms with Crippen LogP contribution in [0.4, 0.5) is 0 Å². The largest absolute Gasteiger partial charge is 0.330 e. The number of nitrogens with zero attached hydrogens (tertiary/aromatic N) is 1. The van der Waals surface area contributed by atoms with Crippen molar-refractivity contribution in [2.45, 2.75) is 52.6 Å². The normalized spacial score (nSPS) is 24.9. The molecule has 1 aromatic carbocycles. The average Bonchev–Trinajstić information content (AvgIpc) is 2.41. The molecule has 1 heterocycles. The second-order valence-electron chi connectivity index (χ2n) is 6.20. The van der Waals surface area contributed by atoms with Crippen molar-refractivity contribution in [3.05, 3.63) is 34.9 Å². The minimum atomic E-state index is 0.499. The summed E-state index contributed by atoms with van der Waals surface area (Å²) in [6.07, 6.45) is 2.54. The third kappa shape index (κ3) is 2.85. The lowest BCUT2D eigenvalue weighted by atomic mass is 9.81. The molecule has 0 bridgehead atoms. The fraction of sp³-hybridized carbons (Fsp3) is 0.647. The van der Waals surface area contributed by atoms with E-state index < -0.39 is 0 Å². The maximum absolute atomic E-state index is 6.05. The van der Waals surface area contributed by atoms with E-state index in [1.165, 1.54) is 36.1 Å². The first-order valence-corrected chi connectivity index (χ1v) is 7.58. The van der Waals surface area contributed by atoms with Crippen LogP contribution in [-0.4, -0.2) is 24.0 Å². The highest BCUT2D eigenvalue weighted by Gasteiger charge is 2.33. The van der Waals surface area contributed by atoms with Gasteiger partial charge in [-0.25, -0.2) is 0 Å². The van der Waals surface area contributed by atoms with Crippen LogP contribution in [0.15, 0.2) is 18.2 Å². The summed E-state index contributed by atoms with van der Waals surface area (Å²) in [5.41, 5.74) is 10.4. The van der Waals surface area contributed by atoms with E-state index in [-0.39, 0.29) is 0 Å². The van der Waals surface area contributed by atoms with Crippen molar-refractivity contribution in [1.29, 1.82) is 0 Å². The summed E-state index contributed by atoms with van der Waals surface area (Å²) >= 11 is 0. The zero-order chi connectivity index (χ0) is 14.0. The zero-order valence-corrected chi connectivity index (χ0v) is 12.8. The SMILES string of the molecule is Cc1cccc(C2C(CN)CCCN2C(C)C)c1C. The molecule has 2 atom stereocenters. The van der Waals surface area contributed by atoms with Gasteiger partial charge in [-0.1, -0.05) is 18.2 Å². The number of hydrogen-bond donors (Lipinski definition) is 1. The molecule has 0 radical (unpaired) electrons. The Kier molecular flexibility index (Phi) is 4.64. The Morgan fingerprint density at radius 3 is 2.68 bits per heavy atom. The topological polar surface area (TPSA) is 29.3 Å². The van der Waals surface area contributed by atoms with E-state index in [9.17, 15) is 0 Å². The summed E-state index contributed by atoms with van der Waals surface area (Å²) in [4.78, 5) is 2.64. The van der Waals surface area contributed by atoms with Gasteiger partial charge in [0.1, 0.15) is 0 Å². The molecule has 0 amide bonds. The van der Waals surface area contributed by atoms with Crippen LogP contribution < -0.4 is 5.73 Å². The minimum Gasteiger partial charge on any atom is -0.330 e. The van der Waals surface area contributed by atoms with Crippen LogP contribution in [0.1, 0.15) is 49.4 Å². The van der Waals surface area contributed by atoms with Crippen molar-refractivity contribution >= 4 is 0 Å². The maximum atomic E-state index is 6.05. The molecule has 19 heavy (non-hydrogen) atoms. The van der Waals surface area contributed by atoms with Gasteiger partial charge >= 0.3 is 0 Å². The molecule has 1 fully saturated rings. The monoisotopic (exact) mass is 260 g/mol. The van der Waals surface area contributed by atoms with Gasteiger partial charge in [-0.3, -0.25) is 4.90 Å². The molecule has 1 aliphatic heterocycles. The molecule has 0 aromatic heterocycles. The fourth-order valence-corrected chi connectivity index (χ4v) is 3.46. The lowest BCUT2D eigenvalue weighted by Gasteiger charge is -2.44. The highest BCUT2D eigenvalue weighted by atomic mass is 15.2. The summed E-state index contributed by atoms with van der Waals surface area (Å²) < 4.78 is 0. The number of likely N-dealkylation sites (tertiary alicyclic amines) is 1. The average molecular weight is 260 g/mol. The van der Waals surface area contributed by atoms with Gasteiger partial charge < -0.3 is 5.73 Å². The second kappa shape index (κ2) is 6.06. The quantitative estimate of drug-likeness (QED) is 0.902. The van der Waals surface area contributed by atoms with E-state index in [2.05, 4.69) is 50.8 Å². The summed E-state index contributed by atoms with van der Waals surface area (Å²) in [6, 6.07) is 7.78. The molecule has 1 saturated heterocycles. The van der Waals surface area contributed by atoms with Crippen LogP contribution in [0.3, 0.4) is 0 Å². The Balaban J connectivity index is 2.42. The molecule has 2 rings (SSSR count). The summed E-state index contributed by atoms with van der Waals surface area (Å²) in [6.45, 7) is 11.1. The predicted molar refractivity (Wildman–Crippen MR) is 82.3 cm³/mol. The molecule has 0 spiro atoms. The summed E-state index contributed by atoms with van der Waals surface area (Å²) in [5, 5.41) is 0. The van der Waals surface area contributed by atoms with Crippen molar-refractivity contribution in [1.82, 2.24) is 4.90 Å². The van der Waals surface area contributed by atoms with Gasteiger partial charge in [0.15, 0.2) is 0 Å². The van der Waals surface area contributed by atoms with E-state index in [1.54, 1.807) is 0 Å². The van der Waals surface area contributed by atoms with Crippen LogP contribution in [0.2, 0.25) is 0 Å². The van der Waals surface area contributed by atoms with Crippen LogP contribution in [-0.2, 0) is 0 Å². The molecular weight excluding hydrogens is 232 g/mol. The first-order chi connectivity index (χ1) is 9.06. The molecule has 2 N–H and O–H groups in total. The Labute approximate surface area is 118 Å². The lowest BCUT2D eigenvalue weighted by Crippen LogP contribution is -2.45. The van der Waals surface area contributed by atoms with Gasteiger partial charge in [-0.15, -0.1) is 0 Å². The van der Waals surface area contributed by atoms with E-state index in [0.29, 0.717) is 18.0 Å². The maximum Gasteiger partial charge on any atom is 0.0393 e. The molecule has 106 valence electrons. The van der Waals surface area contributed by atoms with E-state index in [0.717, 1.165) is 6.54 Å². The highest BCUT2D eigenvalue weighted by Crippen LogP contribution is 2.38. The van der Waals surface area contributed by atoms with Crippen molar-refractivity contribution in [3.8, 4) is 0 Å². The Hall–Kier alpha value is -0.860. The van der Waals surface area contributed by atoms with Crippen molar-refractivity contribution in [3.63, 3.8) is 0 Å². The summed E-state index contributed by atoms with van der Waals surface area (Å²) in [5.74, 6) is 0.594.